The van der Waals surface area contributed by atoms with E-state index in [-0.39, 0.29) is 5.92 Å². The van der Waals surface area contributed by atoms with Gasteiger partial charge in [-0.1, -0.05) is 25.4 Å². The molecule has 1 heterocycles. The molecule has 0 spiro atoms. The summed E-state index contributed by atoms with van der Waals surface area (Å²) in [5.74, 6) is -1.09. The number of ether oxygens (including phenoxy) is 1. The van der Waals surface area contributed by atoms with E-state index in [2.05, 4.69) is 9.72 Å². The van der Waals surface area contributed by atoms with Gasteiger partial charge in [-0.3, -0.25) is 4.79 Å². The Bertz CT molecular complexity index is 367. The third kappa shape index (κ3) is 2.93. The van der Waals surface area contributed by atoms with Gasteiger partial charge >= 0.3 is 5.97 Å². The molecule has 0 aliphatic rings. The summed E-state index contributed by atoms with van der Waals surface area (Å²) in [6, 6.07) is 0. The number of carbonyl (C=O) groups is 1. The van der Waals surface area contributed by atoms with Crippen LogP contribution in [0.1, 0.15) is 25.0 Å². The van der Waals surface area contributed by atoms with Gasteiger partial charge in [-0.15, -0.1) is 11.3 Å². The monoisotopic (exact) mass is 263 g/mol. The molecule has 0 aromatic carbocycles. The minimum Gasteiger partial charge on any atom is -0.469 e. The van der Waals surface area contributed by atoms with Gasteiger partial charge in [0.1, 0.15) is 15.4 Å². The van der Waals surface area contributed by atoms with Crippen LogP contribution in [0.2, 0.25) is 4.34 Å². The van der Waals surface area contributed by atoms with Crippen LogP contribution in [0.3, 0.4) is 0 Å². The van der Waals surface area contributed by atoms with Crippen molar-refractivity contribution in [2.45, 2.75) is 20.0 Å². The van der Waals surface area contributed by atoms with Gasteiger partial charge in [0.15, 0.2) is 0 Å². The number of methoxy groups -OCH3 is 1. The van der Waals surface area contributed by atoms with Crippen molar-refractivity contribution < 1.29 is 14.6 Å². The summed E-state index contributed by atoms with van der Waals surface area (Å²) < 4.78 is 5.16. The van der Waals surface area contributed by atoms with Crippen molar-refractivity contribution in [1.82, 2.24) is 4.98 Å². The van der Waals surface area contributed by atoms with Gasteiger partial charge in [0.05, 0.1) is 19.2 Å². The van der Waals surface area contributed by atoms with Crippen LogP contribution < -0.4 is 0 Å². The molecule has 0 fully saturated rings. The molecule has 4 nitrogen and oxygen atoms in total. The van der Waals surface area contributed by atoms with E-state index in [0.29, 0.717) is 9.34 Å². The van der Waals surface area contributed by atoms with Crippen molar-refractivity contribution in [2.75, 3.05) is 7.11 Å². The van der Waals surface area contributed by atoms with E-state index < -0.39 is 18.0 Å². The van der Waals surface area contributed by atoms with E-state index in [1.165, 1.54) is 24.6 Å². The van der Waals surface area contributed by atoms with Crippen LogP contribution in [0.4, 0.5) is 0 Å². The van der Waals surface area contributed by atoms with Crippen molar-refractivity contribution in [2.24, 2.45) is 11.8 Å². The normalized spacial score (nSPS) is 14.9. The van der Waals surface area contributed by atoms with Crippen molar-refractivity contribution in [1.29, 1.82) is 0 Å². The zero-order valence-corrected chi connectivity index (χ0v) is 10.9. The SMILES string of the molecule is COC(=O)C(C(C)C)C(O)c1ncc(Cl)s1. The van der Waals surface area contributed by atoms with Gasteiger partial charge in [0.25, 0.3) is 0 Å². The summed E-state index contributed by atoms with van der Waals surface area (Å²) in [5, 5.41) is 10.5. The lowest BCUT2D eigenvalue weighted by Crippen LogP contribution is -2.28. The Labute approximate surface area is 103 Å². The lowest BCUT2D eigenvalue weighted by atomic mass is 9.90. The van der Waals surface area contributed by atoms with Crippen LogP contribution in [-0.4, -0.2) is 23.2 Å². The van der Waals surface area contributed by atoms with Crippen LogP contribution in [0, 0.1) is 11.8 Å². The topological polar surface area (TPSA) is 59.4 Å². The molecule has 2 unspecified atom stereocenters. The molecule has 16 heavy (non-hydrogen) atoms. The number of aromatic nitrogens is 1. The molecule has 1 N–H and O–H groups in total. The Kier molecular flexibility index (Phi) is 4.70. The molecule has 0 bridgehead atoms. The summed E-state index contributed by atoms with van der Waals surface area (Å²) >= 11 is 6.90. The van der Waals surface area contributed by atoms with Crippen LogP contribution in [0.5, 0.6) is 0 Å². The number of aliphatic hydroxyl groups excluding tert-OH is 1. The standard InChI is InChI=1S/C10H14ClNO3S/c1-5(2)7(10(14)15-3)8(13)9-12-4-6(11)16-9/h4-5,7-8,13H,1-3H3. The molecule has 0 saturated carbocycles. The number of hydrogen-bond donors (Lipinski definition) is 1. The number of halogens is 1. The Morgan fingerprint density at radius 2 is 2.25 bits per heavy atom. The molecule has 2 atom stereocenters. The molecule has 1 aromatic rings. The summed E-state index contributed by atoms with van der Waals surface area (Å²) in [6.07, 6.45) is 0.490. The molecule has 1 aromatic heterocycles. The Morgan fingerprint density at radius 1 is 1.62 bits per heavy atom. The third-order valence-corrected chi connectivity index (χ3v) is 3.47. The smallest absolute Gasteiger partial charge is 0.312 e. The van der Waals surface area contributed by atoms with E-state index in [1.54, 1.807) is 0 Å². The minimum absolute atomic E-state index is 0.0369. The maximum absolute atomic E-state index is 11.5. The fourth-order valence-electron chi connectivity index (χ4n) is 1.46. The quantitative estimate of drug-likeness (QED) is 0.847. The molecule has 6 heteroatoms. The molecule has 0 aliphatic carbocycles. The average molecular weight is 264 g/mol. The predicted octanol–water partition coefficient (Wildman–Crippen LogP) is 2.28. The largest absolute Gasteiger partial charge is 0.469 e. The molecular formula is C10H14ClNO3S. The van der Waals surface area contributed by atoms with Gasteiger partial charge in [-0.05, 0) is 5.92 Å². The van der Waals surface area contributed by atoms with Crippen molar-refractivity contribution in [3.63, 3.8) is 0 Å². The highest BCUT2D eigenvalue weighted by molar-refractivity contribution is 7.15. The first kappa shape index (κ1) is 13.4. The van der Waals surface area contributed by atoms with Gasteiger partial charge in [-0.2, -0.15) is 0 Å². The molecule has 0 amide bonds. The molecule has 0 aliphatic heterocycles. The fourth-order valence-corrected chi connectivity index (χ4v) is 2.42. The Balaban J connectivity index is 2.91. The van der Waals surface area contributed by atoms with Crippen LogP contribution in [0.15, 0.2) is 6.20 Å². The van der Waals surface area contributed by atoms with E-state index in [4.69, 9.17) is 11.6 Å². The van der Waals surface area contributed by atoms with E-state index in [0.717, 1.165) is 0 Å². The first-order chi connectivity index (χ1) is 7.47. The number of aliphatic hydroxyl groups is 1. The maximum atomic E-state index is 11.5. The summed E-state index contributed by atoms with van der Waals surface area (Å²) in [4.78, 5) is 15.5. The highest BCUT2D eigenvalue weighted by Crippen LogP contribution is 2.32. The molecule has 90 valence electrons. The highest BCUT2D eigenvalue weighted by atomic mass is 35.5. The molecular weight excluding hydrogens is 250 g/mol. The number of esters is 1. The zero-order valence-electron chi connectivity index (χ0n) is 9.31. The first-order valence-corrected chi connectivity index (χ1v) is 6.04. The lowest BCUT2D eigenvalue weighted by molar-refractivity contribution is -0.152. The highest BCUT2D eigenvalue weighted by Gasteiger charge is 2.33. The minimum atomic E-state index is -0.968. The molecule has 1 rings (SSSR count). The number of nitrogens with zero attached hydrogens (tertiary/aromatic N) is 1. The summed E-state index contributed by atoms with van der Waals surface area (Å²) in [6.45, 7) is 3.69. The molecule has 0 saturated heterocycles. The van der Waals surface area contributed by atoms with E-state index >= 15 is 0 Å². The van der Waals surface area contributed by atoms with Crippen molar-refractivity contribution in [3.05, 3.63) is 15.5 Å². The summed E-state index contributed by atoms with van der Waals surface area (Å²) in [5.41, 5.74) is 0. The number of carbonyl (C=O) groups excluding carboxylic acids is 1. The zero-order chi connectivity index (χ0) is 12.3. The Morgan fingerprint density at radius 3 is 2.62 bits per heavy atom. The number of rotatable bonds is 4. The predicted molar refractivity (Wildman–Crippen MR) is 62.4 cm³/mol. The first-order valence-electron chi connectivity index (χ1n) is 4.84. The fraction of sp³-hybridized carbons (Fsp3) is 0.600. The van der Waals surface area contributed by atoms with Gasteiger partial charge in [0.2, 0.25) is 0 Å². The van der Waals surface area contributed by atoms with Crippen LogP contribution >= 0.6 is 22.9 Å². The van der Waals surface area contributed by atoms with E-state index in [1.807, 2.05) is 13.8 Å². The van der Waals surface area contributed by atoms with Gasteiger partial charge in [0, 0.05) is 0 Å². The lowest BCUT2D eigenvalue weighted by Gasteiger charge is -2.22. The van der Waals surface area contributed by atoms with E-state index in [9.17, 15) is 9.90 Å². The Hall–Kier alpha value is -0.650. The van der Waals surface area contributed by atoms with Gasteiger partial charge in [-0.25, -0.2) is 4.98 Å². The second-order valence-electron chi connectivity index (χ2n) is 3.74. The van der Waals surface area contributed by atoms with Crippen LogP contribution in [-0.2, 0) is 9.53 Å². The average Bonchev–Trinajstić information content (AvgIpc) is 2.64. The number of hydrogen-bond acceptors (Lipinski definition) is 5. The second-order valence-corrected chi connectivity index (χ2v) is 5.43. The maximum Gasteiger partial charge on any atom is 0.312 e. The van der Waals surface area contributed by atoms with Crippen molar-refractivity contribution in [3.8, 4) is 0 Å². The summed E-state index contributed by atoms with van der Waals surface area (Å²) in [7, 11) is 1.30. The van der Waals surface area contributed by atoms with Crippen molar-refractivity contribution >= 4 is 28.9 Å². The van der Waals surface area contributed by atoms with Crippen LogP contribution in [0.25, 0.3) is 0 Å². The second kappa shape index (κ2) is 5.61. The molecule has 0 radical (unpaired) electrons. The third-order valence-electron chi connectivity index (χ3n) is 2.28. The number of thiazole rings is 1. The van der Waals surface area contributed by atoms with Gasteiger partial charge < -0.3 is 9.84 Å².